The number of nitrogens with zero attached hydrogens (tertiary/aromatic N) is 3. The minimum Gasteiger partial charge on any atom is -0.352 e. The van der Waals surface area contributed by atoms with Crippen LogP contribution in [0.5, 0.6) is 0 Å². The highest BCUT2D eigenvalue weighted by molar-refractivity contribution is 5.99. The first-order valence-corrected chi connectivity index (χ1v) is 10.9. The summed E-state index contributed by atoms with van der Waals surface area (Å²) >= 11 is 0. The van der Waals surface area contributed by atoms with Crippen LogP contribution in [0.1, 0.15) is 43.0 Å². The number of hydrogen-bond acceptors (Lipinski definition) is 3. The van der Waals surface area contributed by atoms with E-state index in [4.69, 9.17) is 5.10 Å². The smallest absolute Gasteiger partial charge is 0.255 e. The molecule has 0 radical (unpaired) electrons. The molecule has 0 spiro atoms. The van der Waals surface area contributed by atoms with E-state index in [0.29, 0.717) is 17.8 Å². The first-order chi connectivity index (χ1) is 14.7. The van der Waals surface area contributed by atoms with Crippen LogP contribution in [0, 0.1) is 0 Å². The van der Waals surface area contributed by atoms with Gasteiger partial charge in [-0.2, -0.15) is 5.10 Å². The Morgan fingerprint density at radius 2 is 2.07 bits per heavy atom. The summed E-state index contributed by atoms with van der Waals surface area (Å²) < 4.78 is 1.76. The summed E-state index contributed by atoms with van der Waals surface area (Å²) in [4.78, 5) is 18.9. The third-order valence-corrected chi connectivity index (χ3v) is 5.96. The lowest BCUT2D eigenvalue weighted by molar-refractivity contribution is -0.928. The zero-order valence-corrected chi connectivity index (χ0v) is 17.6. The van der Waals surface area contributed by atoms with E-state index >= 15 is 0 Å². The molecule has 30 heavy (non-hydrogen) atoms. The van der Waals surface area contributed by atoms with Crippen LogP contribution < -0.4 is 10.2 Å². The van der Waals surface area contributed by atoms with E-state index in [1.807, 2.05) is 48.7 Å². The number of aromatic nitrogens is 3. The van der Waals surface area contributed by atoms with Crippen LogP contribution in [-0.4, -0.2) is 46.3 Å². The van der Waals surface area contributed by atoms with Crippen molar-refractivity contribution in [3.8, 4) is 16.9 Å². The van der Waals surface area contributed by atoms with Gasteiger partial charge >= 0.3 is 0 Å². The van der Waals surface area contributed by atoms with E-state index in [1.54, 1.807) is 22.0 Å². The molecule has 0 saturated carbocycles. The third-order valence-electron chi connectivity index (χ3n) is 5.96. The molecule has 0 aliphatic carbocycles. The van der Waals surface area contributed by atoms with E-state index in [1.165, 1.54) is 25.8 Å². The largest absolute Gasteiger partial charge is 0.352 e. The molecule has 0 bridgehead atoms. The van der Waals surface area contributed by atoms with Crippen LogP contribution in [0.15, 0.2) is 61.1 Å². The molecule has 2 N–H and O–H groups in total. The molecule has 1 aliphatic rings. The molecule has 6 heteroatoms. The minimum absolute atomic E-state index is 0.0854. The Balaban J connectivity index is 1.46. The fourth-order valence-electron chi connectivity index (χ4n) is 4.21. The number of carbonyl (C=O) groups is 1. The van der Waals surface area contributed by atoms with Gasteiger partial charge in [-0.25, -0.2) is 4.68 Å². The molecular weight excluding hydrogens is 374 g/mol. The van der Waals surface area contributed by atoms with Gasteiger partial charge in [0.05, 0.1) is 30.4 Å². The number of piperidine rings is 1. The number of benzene rings is 1. The van der Waals surface area contributed by atoms with Crippen molar-refractivity contribution in [3.05, 3.63) is 66.6 Å². The van der Waals surface area contributed by atoms with Gasteiger partial charge in [-0.05, 0) is 50.5 Å². The molecule has 1 aliphatic heterocycles. The average molecular weight is 405 g/mol. The number of hydrogen-bond donors (Lipinski definition) is 2. The van der Waals surface area contributed by atoms with Crippen molar-refractivity contribution in [3.63, 3.8) is 0 Å². The van der Waals surface area contributed by atoms with Crippen molar-refractivity contribution in [2.45, 2.75) is 38.6 Å². The Hall–Kier alpha value is -2.99. The fraction of sp³-hybridized carbons (Fsp3) is 0.375. The topological polar surface area (TPSA) is 64.2 Å². The second-order valence-corrected chi connectivity index (χ2v) is 8.08. The van der Waals surface area contributed by atoms with Gasteiger partial charge in [-0.3, -0.25) is 9.78 Å². The average Bonchev–Trinajstić information content (AvgIpc) is 3.25. The molecule has 156 valence electrons. The lowest BCUT2D eigenvalue weighted by Gasteiger charge is -2.30. The first kappa shape index (κ1) is 20.3. The fourth-order valence-corrected chi connectivity index (χ4v) is 4.21. The van der Waals surface area contributed by atoms with Crippen molar-refractivity contribution < 1.29 is 9.69 Å². The zero-order chi connectivity index (χ0) is 20.8. The maximum atomic E-state index is 13.0. The maximum absolute atomic E-state index is 13.0. The van der Waals surface area contributed by atoms with Crippen LogP contribution in [0.4, 0.5) is 0 Å². The second-order valence-electron chi connectivity index (χ2n) is 8.08. The number of nitrogens with one attached hydrogen (secondary N) is 2. The monoisotopic (exact) mass is 404 g/mol. The molecule has 1 aromatic carbocycles. The Morgan fingerprint density at radius 1 is 1.20 bits per heavy atom. The summed E-state index contributed by atoms with van der Waals surface area (Å²) in [7, 11) is 0. The Morgan fingerprint density at radius 3 is 2.83 bits per heavy atom. The SMILES string of the molecule is C[C@H]1CCCC[NH+]1CCCNC(=O)c1cn(-c2ccccc2)nc1-c1cccnc1. The highest BCUT2D eigenvalue weighted by atomic mass is 16.1. The molecule has 1 amide bonds. The van der Waals surface area contributed by atoms with Crippen molar-refractivity contribution in [1.29, 1.82) is 0 Å². The predicted octanol–water partition coefficient (Wildman–Crippen LogP) is 2.51. The molecule has 1 saturated heterocycles. The number of amides is 1. The Labute approximate surface area is 177 Å². The van der Waals surface area contributed by atoms with Crippen LogP contribution in [-0.2, 0) is 0 Å². The summed E-state index contributed by atoms with van der Waals surface area (Å²) in [6, 6.07) is 14.4. The highest BCUT2D eigenvalue weighted by Crippen LogP contribution is 2.23. The number of carbonyl (C=O) groups excluding carboxylic acids is 1. The summed E-state index contributed by atoms with van der Waals surface area (Å²) in [5.41, 5.74) is 2.98. The van der Waals surface area contributed by atoms with Crippen LogP contribution >= 0.6 is 0 Å². The van der Waals surface area contributed by atoms with Gasteiger partial charge in [-0.15, -0.1) is 0 Å². The van der Waals surface area contributed by atoms with E-state index < -0.39 is 0 Å². The molecule has 6 nitrogen and oxygen atoms in total. The second kappa shape index (κ2) is 9.67. The number of pyridine rings is 1. The normalized spacial score (nSPS) is 18.8. The first-order valence-electron chi connectivity index (χ1n) is 10.9. The molecule has 4 rings (SSSR count). The van der Waals surface area contributed by atoms with E-state index in [0.717, 1.165) is 30.3 Å². The predicted molar refractivity (Wildman–Crippen MR) is 118 cm³/mol. The Kier molecular flexibility index (Phi) is 6.54. The summed E-state index contributed by atoms with van der Waals surface area (Å²) in [6.07, 6.45) is 10.3. The summed E-state index contributed by atoms with van der Waals surface area (Å²) in [5, 5.41) is 7.80. The van der Waals surface area contributed by atoms with Crippen LogP contribution in [0.25, 0.3) is 16.9 Å². The van der Waals surface area contributed by atoms with Crippen molar-refractivity contribution >= 4 is 5.91 Å². The lowest BCUT2D eigenvalue weighted by atomic mass is 10.0. The Bertz CT molecular complexity index is 954. The van der Waals surface area contributed by atoms with Crippen molar-refractivity contribution in [1.82, 2.24) is 20.1 Å². The van der Waals surface area contributed by atoms with Gasteiger partial charge in [-0.1, -0.05) is 18.2 Å². The molecular formula is C24H30N5O+. The third kappa shape index (κ3) is 4.76. The van der Waals surface area contributed by atoms with E-state index in [9.17, 15) is 4.79 Å². The quantitative estimate of drug-likeness (QED) is 0.595. The maximum Gasteiger partial charge on any atom is 0.255 e. The van der Waals surface area contributed by atoms with Crippen LogP contribution in [0.3, 0.4) is 0 Å². The molecule has 3 heterocycles. The molecule has 1 unspecified atom stereocenters. The number of rotatable bonds is 7. The number of quaternary nitrogens is 1. The van der Waals surface area contributed by atoms with E-state index in [2.05, 4.69) is 17.2 Å². The van der Waals surface area contributed by atoms with Crippen molar-refractivity contribution in [2.75, 3.05) is 19.6 Å². The van der Waals surface area contributed by atoms with E-state index in [-0.39, 0.29) is 5.91 Å². The molecule has 1 fully saturated rings. The molecule has 3 aromatic rings. The molecule has 2 atom stereocenters. The van der Waals surface area contributed by atoms with Gasteiger partial charge < -0.3 is 10.2 Å². The van der Waals surface area contributed by atoms with Gasteiger partial charge in [0, 0.05) is 37.1 Å². The van der Waals surface area contributed by atoms with Gasteiger partial charge in [0.1, 0.15) is 5.69 Å². The highest BCUT2D eigenvalue weighted by Gasteiger charge is 2.22. The summed E-state index contributed by atoms with van der Waals surface area (Å²) in [5.74, 6) is -0.0854. The standard InChI is InChI=1S/C24H29N5O/c1-19-9-5-6-15-28(19)16-8-14-26-24(30)22-18-29(21-11-3-2-4-12-21)27-23(22)20-10-7-13-25-17-20/h2-4,7,10-13,17-19H,5-6,8-9,14-16H2,1H3,(H,26,30)/p+1/t19-/m0/s1. The minimum atomic E-state index is -0.0854. The van der Waals surface area contributed by atoms with Gasteiger partial charge in [0.2, 0.25) is 0 Å². The lowest BCUT2D eigenvalue weighted by Crippen LogP contribution is -3.16. The van der Waals surface area contributed by atoms with Gasteiger partial charge in [0.25, 0.3) is 5.91 Å². The van der Waals surface area contributed by atoms with Gasteiger partial charge in [0.15, 0.2) is 0 Å². The number of para-hydroxylation sites is 1. The number of likely N-dealkylation sites (tertiary alicyclic amines) is 1. The summed E-state index contributed by atoms with van der Waals surface area (Å²) in [6.45, 7) is 5.38. The molecule has 2 aromatic heterocycles. The van der Waals surface area contributed by atoms with Crippen LogP contribution in [0.2, 0.25) is 0 Å². The zero-order valence-electron chi connectivity index (χ0n) is 17.6. The van der Waals surface area contributed by atoms with Crippen molar-refractivity contribution in [2.24, 2.45) is 0 Å².